The molecule has 1 aliphatic carbocycles. The van der Waals surface area contributed by atoms with E-state index >= 15 is 0 Å². The molecule has 1 aliphatic rings. The molecular formula is C9H17N. The molecule has 10 heavy (non-hydrogen) atoms. The Balaban J connectivity index is 2.52. The Hall–Kier alpha value is -0.300. The molecule has 0 bridgehead atoms. The fourth-order valence-corrected chi connectivity index (χ4v) is 1.75. The standard InChI is InChI=1S/C9H17N/c1-2-9(8-10)6-4-3-5-7-9/h2H,1,3-8,10H2. The van der Waals surface area contributed by atoms with Gasteiger partial charge in [0.25, 0.3) is 0 Å². The molecule has 1 heteroatoms. The van der Waals surface area contributed by atoms with Gasteiger partial charge in [-0.15, -0.1) is 6.58 Å². The molecular weight excluding hydrogens is 122 g/mol. The fourth-order valence-electron chi connectivity index (χ4n) is 1.75. The largest absolute Gasteiger partial charge is 0.330 e. The summed E-state index contributed by atoms with van der Waals surface area (Å²) in [6.07, 6.45) is 8.63. The maximum Gasteiger partial charge on any atom is 0.00141 e. The normalized spacial score (nSPS) is 24.1. The van der Waals surface area contributed by atoms with Gasteiger partial charge in [0.05, 0.1) is 0 Å². The van der Waals surface area contributed by atoms with Crippen molar-refractivity contribution in [2.75, 3.05) is 6.54 Å². The highest BCUT2D eigenvalue weighted by molar-refractivity contribution is 4.97. The van der Waals surface area contributed by atoms with E-state index in [0.29, 0.717) is 5.41 Å². The van der Waals surface area contributed by atoms with E-state index in [2.05, 4.69) is 12.7 Å². The molecule has 0 heterocycles. The first-order valence-corrected chi connectivity index (χ1v) is 4.17. The molecule has 0 aliphatic heterocycles. The average molecular weight is 139 g/mol. The van der Waals surface area contributed by atoms with Crippen LogP contribution >= 0.6 is 0 Å². The van der Waals surface area contributed by atoms with E-state index in [1.54, 1.807) is 0 Å². The van der Waals surface area contributed by atoms with Crippen molar-refractivity contribution in [2.24, 2.45) is 11.1 Å². The second-order valence-electron chi connectivity index (χ2n) is 3.33. The molecule has 1 rings (SSSR count). The summed E-state index contributed by atoms with van der Waals surface area (Å²) in [6.45, 7) is 4.64. The maximum atomic E-state index is 5.68. The van der Waals surface area contributed by atoms with Crippen molar-refractivity contribution < 1.29 is 0 Å². The van der Waals surface area contributed by atoms with Gasteiger partial charge in [-0.05, 0) is 12.8 Å². The zero-order valence-corrected chi connectivity index (χ0v) is 6.60. The summed E-state index contributed by atoms with van der Waals surface area (Å²) < 4.78 is 0. The number of hydrogen-bond donors (Lipinski definition) is 1. The summed E-state index contributed by atoms with van der Waals surface area (Å²) >= 11 is 0. The third-order valence-electron chi connectivity index (χ3n) is 2.69. The van der Waals surface area contributed by atoms with Gasteiger partial charge < -0.3 is 5.73 Å². The molecule has 58 valence electrons. The third kappa shape index (κ3) is 1.40. The molecule has 0 aromatic rings. The van der Waals surface area contributed by atoms with Crippen LogP contribution in [0.25, 0.3) is 0 Å². The minimum Gasteiger partial charge on any atom is -0.330 e. The average Bonchev–Trinajstić information content (AvgIpc) is 2.06. The van der Waals surface area contributed by atoms with Crippen LogP contribution in [-0.2, 0) is 0 Å². The summed E-state index contributed by atoms with van der Waals surface area (Å²) in [5.74, 6) is 0. The maximum absolute atomic E-state index is 5.68. The lowest BCUT2D eigenvalue weighted by atomic mass is 9.74. The van der Waals surface area contributed by atoms with E-state index in [0.717, 1.165) is 6.54 Å². The van der Waals surface area contributed by atoms with Crippen molar-refractivity contribution in [2.45, 2.75) is 32.1 Å². The van der Waals surface area contributed by atoms with Crippen LogP contribution < -0.4 is 5.73 Å². The summed E-state index contributed by atoms with van der Waals surface area (Å²) in [5.41, 5.74) is 5.98. The molecule has 2 N–H and O–H groups in total. The smallest absolute Gasteiger partial charge is 0.00141 e. The van der Waals surface area contributed by atoms with E-state index in [4.69, 9.17) is 5.73 Å². The van der Waals surface area contributed by atoms with E-state index in [9.17, 15) is 0 Å². The molecule has 0 saturated heterocycles. The molecule has 1 fully saturated rings. The predicted molar refractivity (Wildman–Crippen MR) is 44.8 cm³/mol. The van der Waals surface area contributed by atoms with Crippen LogP contribution in [0.2, 0.25) is 0 Å². The second kappa shape index (κ2) is 3.20. The van der Waals surface area contributed by atoms with Crippen LogP contribution in [0.15, 0.2) is 12.7 Å². The van der Waals surface area contributed by atoms with E-state index in [-0.39, 0.29) is 0 Å². The van der Waals surface area contributed by atoms with Crippen molar-refractivity contribution in [1.29, 1.82) is 0 Å². The molecule has 1 nitrogen and oxygen atoms in total. The van der Waals surface area contributed by atoms with Gasteiger partial charge in [0.1, 0.15) is 0 Å². The Morgan fingerprint density at radius 1 is 1.30 bits per heavy atom. The van der Waals surface area contributed by atoms with Crippen molar-refractivity contribution in [3.05, 3.63) is 12.7 Å². The highest BCUT2D eigenvalue weighted by atomic mass is 14.6. The number of nitrogens with two attached hydrogens (primary N) is 1. The second-order valence-corrected chi connectivity index (χ2v) is 3.33. The van der Waals surface area contributed by atoms with Crippen LogP contribution in [0.3, 0.4) is 0 Å². The Bertz CT molecular complexity index is 112. The quantitative estimate of drug-likeness (QED) is 0.582. The van der Waals surface area contributed by atoms with Crippen LogP contribution in [-0.4, -0.2) is 6.54 Å². The van der Waals surface area contributed by atoms with Crippen LogP contribution in [0.5, 0.6) is 0 Å². The molecule has 0 aromatic heterocycles. The monoisotopic (exact) mass is 139 g/mol. The Morgan fingerprint density at radius 2 is 1.90 bits per heavy atom. The molecule has 0 spiro atoms. The molecule has 0 unspecified atom stereocenters. The topological polar surface area (TPSA) is 26.0 Å². The van der Waals surface area contributed by atoms with Crippen LogP contribution in [0, 0.1) is 5.41 Å². The SMILES string of the molecule is C=CC1(CN)CCCCC1. The van der Waals surface area contributed by atoms with Crippen molar-refractivity contribution >= 4 is 0 Å². The van der Waals surface area contributed by atoms with Crippen molar-refractivity contribution in [1.82, 2.24) is 0 Å². The molecule has 1 saturated carbocycles. The van der Waals surface area contributed by atoms with Gasteiger partial charge in [0.15, 0.2) is 0 Å². The van der Waals surface area contributed by atoms with Crippen LogP contribution in [0.1, 0.15) is 32.1 Å². The van der Waals surface area contributed by atoms with Gasteiger partial charge in [-0.2, -0.15) is 0 Å². The predicted octanol–water partition coefficient (Wildman–Crippen LogP) is 2.08. The minimum atomic E-state index is 0.304. The molecule has 0 atom stereocenters. The lowest BCUT2D eigenvalue weighted by molar-refractivity contribution is 0.267. The summed E-state index contributed by atoms with van der Waals surface area (Å²) in [5, 5.41) is 0. The van der Waals surface area contributed by atoms with E-state index in [1.807, 2.05) is 0 Å². The summed E-state index contributed by atoms with van der Waals surface area (Å²) in [7, 11) is 0. The number of rotatable bonds is 2. The highest BCUT2D eigenvalue weighted by Gasteiger charge is 2.26. The van der Waals surface area contributed by atoms with Crippen molar-refractivity contribution in [3.63, 3.8) is 0 Å². The van der Waals surface area contributed by atoms with Gasteiger partial charge in [0.2, 0.25) is 0 Å². The van der Waals surface area contributed by atoms with Gasteiger partial charge in [-0.3, -0.25) is 0 Å². The lowest BCUT2D eigenvalue weighted by Crippen LogP contribution is -2.30. The Morgan fingerprint density at radius 3 is 2.20 bits per heavy atom. The fraction of sp³-hybridized carbons (Fsp3) is 0.778. The highest BCUT2D eigenvalue weighted by Crippen LogP contribution is 2.35. The third-order valence-corrected chi connectivity index (χ3v) is 2.69. The van der Waals surface area contributed by atoms with Gasteiger partial charge in [-0.25, -0.2) is 0 Å². The first-order chi connectivity index (χ1) is 4.83. The van der Waals surface area contributed by atoms with Gasteiger partial charge >= 0.3 is 0 Å². The first kappa shape index (κ1) is 7.80. The van der Waals surface area contributed by atoms with Gasteiger partial charge in [-0.1, -0.05) is 25.3 Å². The number of hydrogen-bond acceptors (Lipinski definition) is 1. The zero-order chi connectivity index (χ0) is 7.45. The van der Waals surface area contributed by atoms with E-state index < -0.39 is 0 Å². The lowest BCUT2D eigenvalue weighted by Gasteiger charge is -2.32. The Labute approximate surface area is 63.3 Å². The molecule has 0 amide bonds. The first-order valence-electron chi connectivity index (χ1n) is 4.17. The summed E-state index contributed by atoms with van der Waals surface area (Å²) in [4.78, 5) is 0. The van der Waals surface area contributed by atoms with Crippen molar-refractivity contribution in [3.8, 4) is 0 Å². The molecule has 0 aromatic carbocycles. The minimum absolute atomic E-state index is 0.304. The van der Waals surface area contributed by atoms with E-state index in [1.165, 1.54) is 32.1 Å². The summed E-state index contributed by atoms with van der Waals surface area (Å²) in [6, 6.07) is 0. The molecule has 0 radical (unpaired) electrons. The van der Waals surface area contributed by atoms with Gasteiger partial charge in [0, 0.05) is 12.0 Å². The Kier molecular flexibility index (Phi) is 2.50. The van der Waals surface area contributed by atoms with Crippen LogP contribution in [0.4, 0.5) is 0 Å². The zero-order valence-electron chi connectivity index (χ0n) is 6.60.